The summed E-state index contributed by atoms with van der Waals surface area (Å²) in [6, 6.07) is 12.1. The Balaban J connectivity index is 1.94. The Morgan fingerprint density at radius 2 is 1.92 bits per heavy atom. The van der Waals surface area contributed by atoms with E-state index in [4.69, 9.17) is 11.6 Å². The first-order valence-electron chi connectivity index (χ1n) is 7.03. The van der Waals surface area contributed by atoms with Gasteiger partial charge in [0.25, 0.3) is 5.69 Å². The minimum Gasteiger partial charge on any atom is -0.258 e. The first-order chi connectivity index (χ1) is 11.4. The number of sulfonamides is 1. The van der Waals surface area contributed by atoms with Crippen molar-refractivity contribution in [3.05, 3.63) is 69.2 Å². The van der Waals surface area contributed by atoms with Crippen LogP contribution >= 0.6 is 23.4 Å². The summed E-state index contributed by atoms with van der Waals surface area (Å²) in [7, 11) is -3.74. The number of rotatable bonds is 4. The van der Waals surface area contributed by atoms with Crippen LogP contribution in [0.4, 0.5) is 5.69 Å². The highest BCUT2D eigenvalue weighted by Gasteiger charge is 2.37. The molecule has 6 nitrogen and oxygen atoms in total. The second kappa shape index (κ2) is 6.72. The second-order valence-electron chi connectivity index (χ2n) is 5.14. The zero-order valence-corrected chi connectivity index (χ0v) is 14.7. The van der Waals surface area contributed by atoms with Gasteiger partial charge in [-0.05, 0) is 29.8 Å². The lowest BCUT2D eigenvalue weighted by atomic mass is 10.2. The van der Waals surface area contributed by atoms with Crippen molar-refractivity contribution < 1.29 is 13.3 Å². The van der Waals surface area contributed by atoms with Gasteiger partial charge < -0.3 is 0 Å². The summed E-state index contributed by atoms with van der Waals surface area (Å²) >= 11 is 7.53. The highest BCUT2D eigenvalue weighted by atomic mass is 35.5. The normalized spacial score (nSPS) is 18.6. The number of nitrogens with zero attached hydrogens (tertiary/aromatic N) is 2. The van der Waals surface area contributed by atoms with E-state index in [1.165, 1.54) is 40.3 Å². The molecular formula is C15H13ClN2O4S2. The zero-order chi connectivity index (χ0) is 17.3. The first kappa shape index (κ1) is 17.2. The predicted octanol–water partition coefficient (Wildman–Crippen LogP) is 3.68. The highest BCUT2D eigenvalue weighted by molar-refractivity contribution is 8.01. The summed E-state index contributed by atoms with van der Waals surface area (Å²) in [5.41, 5.74) is 0.673. The molecule has 1 aliphatic heterocycles. The number of hydrogen-bond donors (Lipinski definition) is 0. The molecule has 24 heavy (non-hydrogen) atoms. The third-order valence-electron chi connectivity index (χ3n) is 3.64. The van der Waals surface area contributed by atoms with Crippen molar-refractivity contribution in [1.82, 2.24) is 4.31 Å². The van der Waals surface area contributed by atoms with Gasteiger partial charge in [-0.2, -0.15) is 4.31 Å². The van der Waals surface area contributed by atoms with Crippen molar-refractivity contribution in [2.45, 2.75) is 10.3 Å². The van der Waals surface area contributed by atoms with E-state index in [2.05, 4.69) is 0 Å². The molecule has 0 N–H and O–H groups in total. The summed E-state index contributed by atoms with van der Waals surface area (Å²) in [4.78, 5) is 10.2. The third kappa shape index (κ3) is 3.27. The molecule has 0 radical (unpaired) electrons. The van der Waals surface area contributed by atoms with Crippen LogP contribution in [0.3, 0.4) is 0 Å². The lowest BCUT2D eigenvalue weighted by Gasteiger charge is -2.23. The van der Waals surface area contributed by atoms with Gasteiger partial charge in [0.15, 0.2) is 0 Å². The molecule has 9 heteroatoms. The van der Waals surface area contributed by atoms with Gasteiger partial charge >= 0.3 is 0 Å². The van der Waals surface area contributed by atoms with Crippen molar-refractivity contribution in [3.8, 4) is 0 Å². The molecule has 1 fully saturated rings. The van der Waals surface area contributed by atoms with Crippen molar-refractivity contribution in [3.63, 3.8) is 0 Å². The minimum absolute atomic E-state index is 0.0441. The predicted molar refractivity (Wildman–Crippen MR) is 93.6 cm³/mol. The Kier molecular flexibility index (Phi) is 4.82. The fourth-order valence-corrected chi connectivity index (χ4v) is 5.93. The average molecular weight is 385 g/mol. The molecule has 126 valence electrons. The van der Waals surface area contributed by atoms with Crippen molar-refractivity contribution in [2.75, 3.05) is 12.3 Å². The molecular weight excluding hydrogens is 372 g/mol. The Morgan fingerprint density at radius 3 is 2.54 bits per heavy atom. The third-order valence-corrected chi connectivity index (χ3v) is 7.14. The largest absolute Gasteiger partial charge is 0.269 e. The Bertz CT molecular complexity index is 871. The average Bonchev–Trinajstić information content (AvgIpc) is 3.05. The van der Waals surface area contributed by atoms with E-state index in [1.807, 2.05) is 6.07 Å². The number of nitro benzene ring substituents is 1. The number of nitro groups is 1. The van der Waals surface area contributed by atoms with Crippen molar-refractivity contribution in [2.24, 2.45) is 0 Å². The molecule has 0 aliphatic carbocycles. The molecule has 1 heterocycles. The molecule has 0 aromatic heterocycles. The van der Waals surface area contributed by atoms with Gasteiger partial charge in [-0.1, -0.05) is 23.7 Å². The van der Waals surface area contributed by atoms with E-state index in [-0.39, 0.29) is 16.0 Å². The topological polar surface area (TPSA) is 80.5 Å². The standard InChI is InChI=1S/C15H13ClN2O4S2/c16-12-3-1-2-11(10-12)15-17(8-9-23-15)24(21,22)14-6-4-13(5-7-14)18(19)20/h1-7,10,15H,8-9H2. The maximum atomic E-state index is 12.9. The lowest BCUT2D eigenvalue weighted by molar-refractivity contribution is -0.384. The summed E-state index contributed by atoms with van der Waals surface area (Å²) in [6.45, 7) is 0.376. The maximum absolute atomic E-state index is 12.9. The molecule has 0 bridgehead atoms. The monoisotopic (exact) mass is 384 g/mol. The quantitative estimate of drug-likeness (QED) is 0.593. The summed E-state index contributed by atoms with van der Waals surface area (Å²) in [6.07, 6.45) is 0. The van der Waals surface area contributed by atoms with Crippen LogP contribution in [0.2, 0.25) is 5.02 Å². The van der Waals surface area contributed by atoms with Crippen LogP contribution in [0, 0.1) is 10.1 Å². The Labute approximate surface area is 148 Å². The fraction of sp³-hybridized carbons (Fsp3) is 0.200. The Morgan fingerprint density at radius 1 is 1.21 bits per heavy atom. The van der Waals surface area contributed by atoms with Gasteiger partial charge in [-0.25, -0.2) is 8.42 Å². The van der Waals surface area contributed by atoms with Crippen LogP contribution in [-0.4, -0.2) is 29.9 Å². The van der Waals surface area contributed by atoms with Crippen molar-refractivity contribution >= 4 is 39.1 Å². The maximum Gasteiger partial charge on any atom is 0.269 e. The number of halogens is 1. The van der Waals surface area contributed by atoms with Crippen LogP contribution in [0.1, 0.15) is 10.9 Å². The van der Waals surface area contributed by atoms with Gasteiger partial charge in [0, 0.05) is 29.5 Å². The number of thioether (sulfide) groups is 1. The lowest BCUT2D eigenvalue weighted by Crippen LogP contribution is -2.30. The second-order valence-corrected chi connectivity index (χ2v) is 8.66. The summed E-state index contributed by atoms with van der Waals surface area (Å²) in [5, 5.41) is 10.9. The van der Waals surface area contributed by atoms with Gasteiger partial charge in [-0.15, -0.1) is 11.8 Å². The van der Waals surface area contributed by atoms with Crippen molar-refractivity contribution in [1.29, 1.82) is 0 Å². The van der Waals surface area contributed by atoms with Gasteiger partial charge in [-0.3, -0.25) is 10.1 Å². The van der Waals surface area contributed by atoms with E-state index < -0.39 is 14.9 Å². The summed E-state index contributed by atoms with van der Waals surface area (Å²) in [5.74, 6) is 0.670. The molecule has 0 saturated carbocycles. The zero-order valence-electron chi connectivity index (χ0n) is 12.3. The molecule has 1 saturated heterocycles. The number of hydrogen-bond acceptors (Lipinski definition) is 5. The molecule has 1 aliphatic rings. The summed E-state index contributed by atoms with van der Waals surface area (Å²) < 4.78 is 27.2. The van der Waals surface area contributed by atoms with Gasteiger partial charge in [0.05, 0.1) is 15.2 Å². The molecule has 2 aromatic rings. The number of non-ortho nitro benzene ring substituents is 1. The van der Waals surface area contributed by atoms with E-state index in [0.29, 0.717) is 17.3 Å². The first-order valence-corrected chi connectivity index (χ1v) is 9.89. The SMILES string of the molecule is O=[N+]([O-])c1ccc(S(=O)(=O)N2CCSC2c2cccc(Cl)c2)cc1. The van der Waals surface area contributed by atoms with Crippen LogP contribution in [0.5, 0.6) is 0 Å². The minimum atomic E-state index is -3.74. The molecule has 1 atom stereocenters. The van der Waals surface area contributed by atoms with E-state index in [9.17, 15) is 18.5 Å². The molecule has 3 rings (SSSR count). The molecule has 2 aromatic carbocycles. The fourth-order valence-electron chi connectivity index (χ4n) is 2.50. The van der Waals surface area contributed by atoms with Crippen LogP contribution in [0.15, 0.2) is 53.4 Å². The van der Waals surface area contributed by atoms with Gasteiger partial charge in [0.2, 0.25) is 10.0 Å². The van der Waals surface area contributed by atoms with E-state index in [0.717, 1.165) is 5.56 Å². The number of benzene rings is 2. The van der Waals surface area contributed by atoms with E-state index >= 15 is 0 Å². The molecule has 1 unspecified atom stereocenters. The smallest absolute Gasteiger partial charge is 0.258 e. The van der Waals surface area contributed by atoms with Crippen LogP contribution < -0.4 is 0 Å². The highest BCUT2D eigenvalue weighted by Crippen LogP contribution is 2.42. The van der Waals surface area contributed by atoms with Crippen LogP contribution in [-0.2, 0) is 10.0 Å². The van der Waals surface area contributed by atoms with E-state index in [1.54, 1.807) is 18.2 Å². The Hall–Kier alpha value is -1.61. The van der Waals surface area contributed by atoms with Crippen LogP contribution in [0.25, 0.3) is 0 Å². The van der Waals surface area contributed by atoms with Gasteiger partial charge in [0.1, 0.15) is 0 Å². The molecule has 0 amide bonds. The molecule has 0 spiro atoms.